The summed E-state index contributed by atoms with van der Waals surface area (Å²) in [7, 11) is 1.47. The zero-order valence-corrected chi connectivity index (χ0v) is 8.60. The summed E-state index contributed by atoms with van der Waals surface area (Å²) in [6.07, 6.45) is 1.53. The lowest BCUT2D eigenvalue weighted by Crippen LogP contribution is -2.20. The van der Waals surface area contributed by atoms with E-state index in [1.165, 1.54) is 7.11 Å². The van der Waals surface area contributed by atoms with E-state index in [1.54, 1.807) is 24.3 Å². The predicted octanol–water partition coefficient (Wildman–Crippen LogP) is -0.0602. The van der Waals surface area contributed by atoms with Gasteiger partial charge in [0.2, 0.25) is 5.91 Å². The van der Waals surface area contributed by atoms with Crippen molar-refractivity contribution in [1.29, 1.82) is 0 Å². The van der Waals surface area contributed by atoms with E-state index >= 15 is 0 Å². The Labute approximate surface area is 92.3 Å². The number of amides is 1. The SMILES string of the molecule is COc1ccccc1NC(=O)/C=C/C(=O)[O-]. The molecule has 0 aromatic heterocycles. The first-order valence-electron chi connectivity index (χ1n) is 4.46. The van der Waals surface area contributed by atoms with Crippen LogP contribution in [-0.4, -0.2) is 19.0 Å². The van der Waals surface area contributed by atoms with Crippen LogP contribution in [0.4, 0.5) is 5.69 Å². The van der Waals surface area contributed by atoms with E-state index in [9.17, 15) is 14.7 Å². The molecule has 84 valence electrons. The topological polar surface area (TPSA) is 78.5 Å². The van der Waals surface area contributed by atoms with E-state index in [4.69, 9.17) is 4.74 Å². The third-order valence-electron chi connectivity index (χ3n) is 1.74. The van der Waals surface area contributed by atoms with Crippen LogP contribution in [0.15, 0.2) is 36.4 Å². The first-order valence-corrected chi connectivity index (χ1v) is 4.46. The number of hydrogen-bond acceptors (Lipinski definition) is 4. The second-order valence-electron chi connectivity index (χ2n) is 2.84. The molecule has 0 saturated carbocycles. The fraction of sp³-hybridized carbons (Fsp3) is 0.0909. The molecule has 16 heavy (non-hydrogen) atoms. The highest BCUT2D eigenvalue weighted by Crippen LogP contribution is 2.22. The number of hydrogen-bond donors (Lipinski definition) is 1. The zero-order valence-electron chi connectivity index (χ0n) is 8.60. The number of carboxylic acids is 1. The van der Waals surface area contributed by atoms with Crippen LogP contribution in [0.1, 0.15) is 0 Å². The molecule has 0 unspecified atom stereocenters. The van der Waals surface area contributed by atoms with E-state index in [-0.39, 0.29) is 0 Å². The molecule has 0 bridgehead atoms. The van der Waals surface area contributed by atoms with Gasteiger partial charge in [-0.2, -0.15) is 0 Å². The Kier molecular flexibility index (Phi) is 4.08. The van der Waals surface area contributed by atoms with Crippen LogP contribution in [0.2, 0.25) is 0 Å². The summed E-state index contributed by atoms with van der Waals surface area (Å²) in [5.74, 6) is -1.48. The van der Waals surface area contributed by atoms with E-state index in [0.717, 1.165) is 6.08 Å². The number of anilines is 1. The lowest BCUT2D eigenvalue weighted by atomic mass is 10.3. The lowest BCUT2D eigenvalue weighted by Gasteiger charge is -2.07. The van der Waals surface area contributed by atoms with Crippen LogP contribution in [0.25, 0.3) is 0 Å². The van der Waals surface area contributed by atoms with Crippen molar-refractivity contribution in [2.45, 2.75) is 0 Å². The molecule has 0 aliphatic heterocycles. The molecule has 1 aromatic carbocycles. The number of rotatable bonds is 4. The van der Waals surface area contributed by atoms with Crippen LogP contribution < -0.4 is 15.2 Å². The number of nitrogens with one attached hydrogen (secondary N) is 1. The molecule has 0 aliphatic rings. The molecule has 1 N–H and O–H groups in total. The summed E-state index contributed by atoms with van der Waals surface area (Å²) in [5, 5.41) is 12.6. The van der Waals surface area contributed by atoms with Crippen molar-refractivity contribution < 1.29 is 19.4 Å². The molecule has 0 spiro atoms. The number of aliphatic carboxylic acids is 1. The molecule has 0 heterocycles. The van der Waals surface area contributed by atoms with Gasteiger partial charge in [-0.05, 0) is 18.2 Å². The minimum atomic E-state index is -1.42. The first kappa shape index (κ1) is 11.8. The molecule has 0 saturated heterocycles. The first-order chi connectivity index (χ1) is 7.63. The number of carbonyl (C=O) groups excluding carboxylic acids is 2. The number of methoxy groups -OCH3 is 1. The van der Waals surface area contributed by atoms with Crippen molar-refractivity contribution >= 4 is 17.6 Å². The largest absolute Gasteiger partial charge is 0.545 e. The van der Waals surface area contributed by atoms with E-state index < -0.39 is 11.9 Å². The number of carboxylic acid groups (broad SMARTS) is 1. The lowest BCUT2D eigenvalue weighted by molar-refractivity contribution is -0.297. The summed E-state index contributed by atoms with van der Waals surface area (Å²) in [5.41, 5.74) is 0.470. The van der Waals surface area contributed by atoms with Crippen LogP contribution in [0.5, 0.6) is 5.75 Å². The summed E-state index contributed by atoms with van der Waals surface area (Å²) < 4.78 is 5.00. The number of ether oxygens (including phenoxy) is 1. The summed E-state index contributed by atoms with van der Waals surface area (Å²) in [6.45, 7) is 0. The Hall–Kier alpha value is -2.30. The molecule has 1 rings (SSSR count). The fourth-order valence-electron chi connectivity index (χ4n) is 1.07. The maximum atomic E-state index is 11.2. The van der Waals surface area contributed by atoms with Gasteiger partial charge in [0, 0.05) is 6.08 Å². The number of benzene rings is 1. The summed E-state index contributed by atoms with van der Waals surface area (Å²) in [4.78, 5) is 21.3. The Morgan fingerprint density at radius 3 is 2.62 bits per heavy atom. The highest BCUT2D eigenvalue weighted by molar-refractivity contribution is 6.02. The highest BCUT2D eigenvalue weighted by Gasteiger charge is 2.03. The Morgan fingerprint density at radius 2 is 2.00 bits per heavy atom. The summed E-state index contributed by atoms with van der Waals surface area (Å²) in [6, 6.07) is 6.80. The Morgan fingerprint density at radius 1 is 1.31 bits per heavy atom. The molecule has 0 radical (unpaired) electrons. The van der Waals surface area contributed by atoms with Gasteiger partial charge in [0.1, 0.15) is 5.75 Å². The van der Waals surface area contributed by atoms with Gasteiger partial charge in [0.05, 0.1) is 18.8 Å². The monoisotopic (exact) mass is 220 g/mol. The number of carbonyl (C=O) groups is 2. The van der Waals surface area contributed by atoms with E-state index in [1.807, 2.05) is 0 Å². The minimum absolute atomic E-state index is 0.470. The quantitative estimate of drug-likeness (QED) is 0.721. The minimum Gasteiger partial charge on any atom is -0.545 e. The van der Waals surface area contributed by atoms with Gasteiger partial charge in [-0.15, -0.1) is 0 Å². The van der Waals surface area contributed by atoms with Gasteiger partial charge >= 0.3 is 0 Å². The van der Waals surface area contributed by atoms with Crippen LogP contribution in [0, 0.1) is 0 Å². The van der Waals surface area contributed by atoms with Crippen molar-refractivity contribution in [3.8, 4) is 5.75 Å². The Balaban J connectivity index is 2.73. The van der Waals surface area contributed by atoms with Crippen molar-refractivity contribution in [3.63, 3.8) is 0 Å². The molecular weight excluding hydrogens is 210 g/mol. The average Bonchev–Trinajstić information content (AvgIpc) is 2.27. The van der Waals surface area contributed by atoms with Crippen LogP contribution in [-0.2, 0) is 9.59 Å². The molecule has 5 nitrogen and oxygen atoms in total. The molecule has 0 aliphatic carbocycles. The maximum absolute atomic E-state index is 11.2. The van der Waals surface area contributed by atoms with Crippen LogP contribution >= 0.6 is 0 Å². The van der Waals surface area contributed by atoms with E-state index in [2.05, 4.69) is 5.32 Å². The van der Waals surface area contributed by atoms with Crippen molar-refractivity contribution in [3.05, 3.63) is 36.4 Å². The zero-order chi connectivity index (χ0) is 12.0. The highest BCUT2D eigenvalue weighted by atomic mass is 16.5. The van der Waals surface area contributed by atoms with Crippen LogP contribution in [0.3, 0.4) is 0 Å². The van der Waals surface area contributed by atoms with Gasteiger partial charge in [0.15, 0.2) is 0 Å². The van der Waals surface area contributed by atoms with Gasteiger partial charge < -0.3 is 20.0 Å². The average molecular weight is 220 g/mol. The standard InChI is InChI=1S/C11H11NO4/c1-16-9-5-3-2-4-8(9)12-10(13)6-7-11(14)15/h2-7H,1H3,(H,12,13)(H,14,15)/p-1/b7-6+. The molecular formula is C11H10NO4-. The van der Waals surface area contributed by atoms with Gasteiger partial charge in [-0.25, -0.2) is 0 Å². The molecule has 1 amide bonds. The van der Waals surface area contributed by atoms with Crippen molar-refractivity contribution in [2.75, 3.05) is 12.4 Å². The maximum Gasteiger partial charge on any atom is 0.248 e. The molecule has 5 heteroatoms. The third kappa shape index (κ3) is 3.45. The van der Waals surface area contributed by atoms with Crippen molar-refractivity contribution in [1.82, 2.24) is 0 Å². The second-order valence-corrected chi connectivity index (χ2v) is 2.84. The second kappa shape index (κ2) is 5.55. The van der Waals surface area contributed by atoms with E-state index in [0.29, 0.717) is 17.5 Å². The van der Waals surface area contributed by atoms with Gasteiger partial charge in [-0.3, -0.25) is 4.79 Å². The van der Waals surface area contributed by atoms with Gasteiger partial charge in [0.25, 0.3) is 0 Å². The molecule has 1 aromatic rings. The predicted molar refractivity (Wildman–Crippen MR) is 55.8 cm³/mol. The molecule has 0 atom stereocenters. The molecule has 0 fully saturated rings. The van der Waals surface area contributed by atoms with Gasteiger partial charge in [-0.1, -0.05) is 12.1 Å². The number of para-hydroxylation sites is 2. The smallest absolute Gasteiger partial charge is 0.248 e. The fourth-order valence-corrected chi connectivity index (χ4v) is 1.07. The third-order valence-corrected chi connectivity index (χ3v) is 1.74. The van der Waals surface area contributed by atoms with Crippen molar-refractivity contribution in [2.24, 2.45) is 0 Å². The normalized spacial score (nSPS) is 10.1. The summed E-state index contributed by atoms with van der Waals surface area (Å²) >= 11 is 0. The Bertz CT molecular complexity index is 426.